The zero-order valence-electron chi connectivity index (χ0n) is 15.6. The Balaban J connectivity index is 1.84. The lowest BCUT2D eigenvalue weighted by Crippen LogP contribution is -1.99. The summed E-state index contributed by atoms with van der Waals surface area (Å²) in [6.07, 6.45) is 1.48. The van der Waals surface area contributed by atoms with Gasteiger partial charge in [-0.25, -0.2) is 9.97 Å². The fraction of sp³-hybridized carbons (Fsp3) is 0.150. The zero-order chi connectivity index (χ0) is 21.0. The Hall–Kier alpha value is -2.65. The van der Waals surface area contributed by atoms with E-state index in [0.29, 0.717) is 45.3 Å². The highest BCUT2D eigenvalue weighted by Crippen LogP contribution is 2.37. The molecule has 0 aliphatic rings. The van der Waals surface area contributed by atoms with Gasteiger partial charge < -0.3 is 14.9 Å². The van der Waals surface area contributed by atoms with Gasteiger partial charge in [0.1, 0.15) is 17.2 Å². The molecule has 150 valence electrons. The van der Waals surface area contributed by atoms with Gasteiger partial charge in [-0.2, -0.15) is 5.10 Å². The Morgan fingerprint density at radius 1 is 1.14 bits per heavy atom. The van der Waals surface area contributed by atoms with Crippen molar-refractivity contribution in [1.29, 1.82) is 0 Å². The standard InChI is InChI=1S/C20H18Br2N4O3/c1-3-29-14-5-4-12(17(27)9-14)10-23-26-18-6-11(2)24-20(25-18)15-7-13(21)8-16(22)19(15)28/h4-10,27-28H,3H2,1-2H3,(H,24,25,26)/b23-10+. The van der Waals surface area contributed by atoms with Crippen molar-refractivity contribution in [2.24, 2.45) is 5.10 Å². The van der Waals surface area contributed by atoms with E-state index in [2.05, 4.69) is 52.4 Å². The second-order valence-electron chi connectivity index (χ2n) is 6.03. The fourth-order valence-electron chi connectivity index (χ4n) is 2.54. The Labute approximate surface area is 184 Å². The van der Waals surface area contributed by atoms with Gasteiger partial charge in [0.15, 0.2) is 11.6 Å². The summed E-state index contributed by atoms with van der Waals surface area (Å²) in [7, 11) is 0. The third-order valence-corrected chi connectivity index (χ3v) is 4.88. The summed E-state index contributed by atoms with van der Waals surface area (Å²) in [5, 5.41) is 24.5. The van der Waals surface area contributed by atoms with Gasteiger partial charge in [-0.3, -0.25) is 5.43 Å². The number of anilines is 1. The molecule has 0 atom stereocenters. The first-order valence-corrected chi connectivity index (χ1v) is 10.2. The maximum absolute atomic E-state index is 10.3. The number of benzene rings is 2. The van der Waals surface area contributed by atoms with Crippen molar-refractivity contribution in [3.63, 3.8) is 0 Å². The molecule has 0 saturated carbocycles. The summed E-state index contributed by atoms with van der Waals surface area (Å²) in [5.74, 6) is 1.50. The number of halogens is 2. The van der Waals surface area contributed by atoms with Crippen LogP contribution in [0.4, 0.5) is 5.82 Å². The Morgan fingerprint density at radius 3 is 2.66 bits per heavy atom. The highest BCUT2D eigenvalue weighted by atomic mass is 79.9. The molecule has 1 heterocycles. The van der Waals surface area contributed by atoms with Crippen LogP contribution in [0, 0.1) is 6.92 Å². The number of aromatic nitrogens is 2. The molecule has 3 rings (SSSR count). The van der Waals surface area contributed by atoms with Gasteiger partial charge >= 0.3 is 0 Å². The first-order valence-electron chi connectivity index (χ1n) is 8.66. The average Bonchev–Trinajstić information content (AvgIpc) is 2.66. The molecule has 1 aromatic heterocycles. The molecule has 0 aliphatic carbocycles. The van der Waals surface area contributed by atoms with Crippen molar-refractivity contribution < 1.29 is 14.9 Å². The van der Waals surface area contributed by atoms with Crippen LogP contribution >= 0.6 is 31.9 Å². The van der Waals surface area contributed by atoms with E-state index in [1.54, 1.807) is 30.3 Å². The van der Waals surface area contributed by atoms with Crippen molar-refractivity contribution in [1.82, 2.24) is 9.97 Å². The molecule has 2 aromatic carbocycles. The maximum atomic E-state index is 10.3. The Kier molecular flexibility index (Phi) is 6.71. The topological polar surface area (TPSA) is 99.9 Å². The number of hydrogen-bond donors (Lipinski definition) is 3. The Morgan fingerprint density at radius 2 is 1.93 bits per heavy atom. The fourth-order valence-corrected chi connectivity index (χ4v) is 3.77. The number of hydrogen-bond acceptors (Lipinski definition) is 7. The number of hydrazone groups is 1. The molecule has 0 radical (unpaired) electrons. The molecular weight excluding hydrogens is 504 g/mol. The van der Waals surface area contributed by atoms with E-state index >= 15 is 0 Å². The SMILES string of the molecule is CCOc1ccc(/C=N/Nc2cc(C)nc(-c3cc(Br)cc(Br)c3O)n2)c(O)c1. The van der Waals surface area contributed by atoms with Crippen LogP contribution in [-0.4, -0.2) is 33.0 Å². The van der Waals surface area contributed by atoms with E-state index in [4.69, 9.17) is 4.74 Å². The van der Waals surface area contributed by atoms with Gasteiger partial charge in [0.2, 0.25) is 0 Å². The van der Waals surface area contributed by atoms with Gasteiger partial charge in [-0.15, -0.1) is 0 Å². The van der Waals surface area contributed by atoms with Gasteiger partial charge in [-0.1, -0.05) is 15.9 Å². The molecule has 29 heavy (non-hydrogen) atoms. The van der Waals surface area contributed by atoms with Gasteiger partial charge in [0.25, 0.3) is 0 Å². The molecule has 7 nitrogen and oxygen atoms in total. The maximum Gasteiger partial charge on any atom is 0.165 e. The summed E-state index contributed by atoms with van der Waals surface area (Å²) >= 11 is 6.72. The van der Waals surface area contributed by atoms with E-state index in [1.165, 1.54) is 12.3 Å². The summed E-state index contributed by atoms with van der Waals surface area (Å²) < 4.78 is 6.66. The first-order chi connectivity index (χ1) is 13.9. The van der Waals surface area contributed by atoms with Crippen LogP contribution in [0.25, 0.3) is 11.4 Å². The third kappa shape index (κ3) is 5.24. The largest absolute Gasteiger partial charge is 0.507 e. The van der Waals surface area contributed by atoms with Crippen LogP contribution in [0.15, 0.2) is 50.4 Å². The number of nitrogens with zero attached hydrogens (tertiary/aromatic N) is 3. The number of phenolic OH excluding ortho intramolecular Hbond substituents is 2. The van der Waals surface area contributed by atoms with Crippen LogP contribution in [0.5, 0.6) is 17.2 Å². The number of rotatable bonds is 6. The lowest BCUT2D eigenvalue weighted by molar-refractivity contribution is 0.337. The van der Waals surface area contributed by atoms with E-state index in [-0.39, 0.29) is 11.5 Å². The number of ether oxygens (including phenoxy) is 1. The number of aromatic hydroxyl groups is 2. The highest BCUT2D eigenvalue weighted by Gasteiger charge is 2.13. The number of aryl methyl sites for hydroxylation is 1. The van der Waals surface area contributed by atoms with Crippen LogP contribution in [0.3, 0.4) is 0 Å². The Bertz CT molecular complexity index is 1070. The summed E-state index contributed by atoms with van der Waals surface area (Å²) in [6, 6.07) is 10.2. The minimum absolute atomic E-state index is 0.0487. The van der Waals surface area contributed by atoms with Crippen molar-refractivity contribution in [2.45, 2.75) is 13.8 Å². The van der Waals surface area contributed by atoms with E-state index in [1.807, 2.05) is 13.8 Å². The van der Waals surface area contributed by atoms with E-state index in [0.717, 1.165) is 4.47 Å². The smallest absolute Gasteiger partial charge is 0.165 e. The minimum atomic E-state index is 0.0487. The monoisotopic (exact) mass is 520 g/mol. The van der Waals surface area contributed by atoms with Crippen LogP contribution in [0.2, 0.25) is 0 Å². The normalized spacial score (nSPS) is 11.0. The molecule has 0 saturated heterocycles. The molecule has 0 unspecified atom stereocenters. The molecule has 0 amide bonds. The van der Waals surface area contributed by atoms with Crippen LogP contribution in [0.1, 0.15) is 18.2 Å². The van der Waals surface area contributed by atoms with Gasteiger partial charge in [-0.05, 0) is 54.0 Å². The molecule has 0 spiro atoms. The number of nitrogens with one attached hydrogen (secondary N) is 1. The summed E-state index contributed by atoms with van der Waals surface area (Å²) in [4.78, 5) is 8.81. The predicted molar refractivity (Wildman–Crippen MR) is 120 cm³/mol. The van der Waals surface area contributed by atoms with Gasteiger partial charge in [0.05, 0.1) is 22.9 Å². The second kappa shape index (κ2) is 9.23. The van der Waals surface area contributed by atoms with Gasteiger partial charge in [0, 0.05) is 27.9 Å². The molecular formula is C20H18Br2N4O3. The van der Waals surface area contributed by atoms with E-state index < -0.39 is 0 Å². The third-order valence-electron chi connectivity index (χ3n) is 3.82. The van der Waals surface area contributed by atoms with E-state index in [9.17, 15) is 10.2 Å². The van der Waals surface area contributed by atoms with Crippen LogP contribution < -0.4 is 10.2 Å². The van der Waals surface area contributed by atoms with Crippen molar-refractivity contribution in [3.05, 3.63) is 56.6 Å². The van der Waals surface area contributed by atoms with Crippen molar-refractivity contribution >= 4 is 43.9 Å². The highest BCUT2D eigenvalue weighted by molar-refractivity contribution is 9.11. The molecule has 3 N–H and O–H groups in total. The first kappa shape index (κ1) is 21.1. The quantitative estimate of drug-likeness (QED) is 0.303. The molecule has 0 bridgehead atoms. The van der Waals surface area contributed by atoms with Crippen molar-refractivity contribution in [2.75, 3.05) is 12.0 Å². The average molecular weight is 522 g/mol. The second-order valence-corrected chi connectivity index (χ2v) is 7.80. The van der Waals surface area contributed by atoms with Crippen molar-refractivity contribution in [3.8, 4) is 28.6 Å². The summed E-state index contributed by atoms with van der Waals surface area (Å²) in [6.45, 7) is 4.22. The molecule has 0 aliphatic heterocycles. The number of phenols is 2. The lowest BCUT2D eigenvalue weighted by Gasteiger charge is -2.09. The minimum Gasteiger partial charge on any atom is -0.507 e. The molecule has 9 heteroatoms. The predicted octanol–water partition coefficient (Wildman–Crippen LogP) is 5.23. The lowest BCUT2D eigenvalue weighted by atomic mass is 10.2. The summed E-state index contributed by atoms with van der Waals surface area (Å²) in [5.41, 5.74) is 4.54. The molecule has 3 aromatic rings. The molecule has 0 fully saturated rings. The van der Waals surface area contributed by atoms with Crippen LogP contribution in [-0.2, 0) is 0 Å². The zero-order valence-corrected chi connectivity index (χ0v) is 18.8.